The third-order valence-corrected chi connectivity index (χ3v) is 3.08. The van der Waals surface area contributed by atoms with E-state index in [1.807, 2.05) is 31.2 Å². The third-order valence-electron chi connectivity index (χ3n) is 3.08. The Morgan fingerprint density at radius 3 is 2.50 bits per heavy atom. The first kappa shape index (κ1) is 15.5. The number of aromatic nitrogens is 2. The fourth-order valence-corrected chi connectivity index (χ4v) is 1.98. The summed E-state index contributed by atoms with van der Waals surface area (Å²) in [6.45, 7) is 2.20. The molecule has 0 amide bonds. The molecule has 0 spiro atoms. The van der Waals surface area contributed by atoms with Crippen LogP contribution in [-0.4, -0.2) is 31.9 Å². The molecule has 1 heterocycles. The Morgan fingerprint density at radius 2 is 1.91 bits per heavy atom. The molecule has 114 valence electrons. The smallest absolute Gasteiger partial charge is 0.328 e. The normalized spacial score (nSPS) is 11.0. The lowest BCUT2D eigenvalue weighted by Crippen LogP contribution is -2.04. The van der Waals surface area contributed by atoms with E-state index < -0.39 is 11.9 Å². The molecule has 0 aliphatic carbocycles. The van der Waals surface area contributed by atoms with Crippen molar-refractivity contribution in [1.29, 1.82) is 0 Å². The van der Waals surface area contributed by atoms with Crippen LogP contribution in [0.2, 0.25) is 0 Å². The van der Waals surface area contributed by atoms with E-state index in [4.69, 9.17) is 10.2 Å². The summed E-state index contributed by atoms with van der Waals surface area (Å²) in [7, 11) is 0. The Bertz CT molecular complexity index is 714. The SMILES string of the molecule is Cc1ccc(-c2nn(CCC(=O)O)cc2C=CC(=O)O)cc1. The van der Waals surface area contributed by atoms with E-state index in [9.17, 15) is 9.59 Å². The monoisotopic (exact) mass is 300 g/mol. The lowest BCUT2D eigenvalue weighted by Gasteiger charge is -2.00. The highest BCUT2D eigenvalue weighted by molar-refractivity contribution is 5.87. The number of nitrogens with zero attached hydrogens (tertiary/aromatic N) is 2. The lowest BCUT2D eigenvalue weighted by atomic mass is 10.1. The van der Waals surface area contributed by atoms with Gasteiger partial charge in [-0.25, -0.2) is 4.79 Å². The number of aryl methyl sites for hydroxylation is 2. The molecule has 0 saturated carbocycles. The molecule has 0 saturated heterocycles. The Hall–Kier alpha value is -2.89. The molecular weight excluding hydrogens is 284 g/mol. The highest BCUT2D eigenvalue weighted by atomic mass is 16.4. The van der Waals surface area contributed by atoms with Gasteiger partial charge in [-0.3, -0.25) is 9.48 Å². The molecule has 0 radical (unpaired) electrons. The number of hydrogen-bond acceptors (Lipinski definition) is 3. The summed E-state index contributed by atoms with van der Waals surface area (Å²) in [5, 5.41) is 21.9. The van der Waals surface area contributed by atoms with Gasteiger partial charge in [0.1, 0.15) is 0 Å². The van der Waals surface area contributed by atoms with Crippen LogP contribution in [0.1, 0.15) is 17.5 Å². The van der Waals surface area contributed by atoms with Crippen molar-refractivity contribution in [1.82, 2.24) is 9.78 Å². The van der Waals surface area contributed by atoms with Crippen LogP contribution >= 0.6 is 0 Å². The van der Waals surface area contributed by atoms with Gasteiger partial charge in [-0.1, -0.05) is 29.8 Å². The Labute approximate surface area is 127 Å². The van der Waals surface area contributed by atoms with Gasteiger partial charge in [-0.2, -0.15) is 5.10 Å². The largest absolute Gasteiger partial charge is 0.481 e. The van der Waals surface area contributed by atoms with Crippen LogP contribution in [0.25, 0.3) is 17.3 Å². The first-order valence-corrected chi connectivity index (χ1v) is 6.73. The number of carboxylic acid groups (broad SMARTS) is 2. The van der Waals surface area contributed by atoms with Crippen LogP contribution in [0.4, 0.5) is 0 Å². The predicted molar refractivity (Wildman–Crippen MR) is 81.3 cm³/mol. The highest BCUT2D eigenvalue weighted by Gasteiger charge is 2.10. The van der Waals surface area contributed by atoms with Gasteiger partial charge in [0, 0.05) is 23.4 Å². The van der Waals surface area contributed by atoms with Crippen LogP contribution in [0, 0.1) is 6.92 Å². The zero-order valence-corrected chi connectivity index (χ0v) is 12.1. The summed E-state index contributed by atoms with van der Waals surface area (Å²) in [6, 6.07) is 7.68. The minimum Gasteiger partial charge on any atom is -0.481 e. The van der Waals surface area contributed by atoms with Crippen molar-refractivity contribution in [3.8, 4) is 11.3 Å². The van der Waals surface area contributed by atoms with E-state index >= 15 is 0 Å². The van der Waals surface area contributed by atoms with Gasteiger partial charge >= 0.3 is 11.9 Å². The fourth-order valence-electron chi connectivity index (χ4n) is 1.98. The maximum absolute atomic E-state index is 10.7. The minimum absolute atomic E-state index is 0.0445. The number of carboxylic acids is 2. The van der Waals surface area contributed by atoms with Crippen LogP contribution in [-0.2, 0) is 16.1 Å². The zero-order chi connectivity index (χ0) is 16.1. The van der Waals surface area contributed by atoms with Crippen molar-refractivity contribution in [3.63, 3.8) is 0 Å². The van der Waals surface area contributed by atoms with E-state index in [1.165, 1.54) is 10.8 Å². The van der Waals surface area contributed by atoms with Gasteiger partial charge in [0.05, 0.1) is 18.7 Å². The Morgan fingerprint density at radius 1 is 1.23 bits per heavy atom. The molecule has 0 unspecified atom stereocenters. The van der Waals surface area contributed by atoms with Crippen LogP contribution in [0.3, 0.4) is 0 Å². The molecule has 0 bridgehead atoms. The second kappa shape index (κ2) is 6.71. The van der Waals surface area contributed by atoms with Crippen molar-refractivity contribution in [2.45, 2.75) is 19.9 Å². The van der Waals surface area contributed by atoms with Gasteiger partial charge < -0.3 is 10.2 Å². The third kappa shape index (κ3) is 4.05. The number of carbonyl (C=O) groups is 2. The van der Waals surface area contributed by atoms with Crippen LogP contribution in [0.5, 0.6) is 0 Å². The first-order valence-electron chi connectivity index (χ1n) is 6.73. The quantitative estimate of drug-likeness (QED) is 0.799. The summed E-state index contributed by atoms with van der Waals surface area (Å²) in [5.41, 5.74) is 3.22. The van der Waals surface area contributed by atoms with E-state index in [1.54, 1.807) is 6.20 Å². The van der Waals surface area contributed by atoms with Gasteiger partial charge in [0.15, 0.2) is 0 Å². The summed E-state index contributed by atoms with van der Waals surface area (Å²) in [4.78, 5) is 21.3. The molecule has 1 aromatic carbocycles. The second-order valence-corrected chi connectivity index (χ2v) is 4.88. The molecule has 0 fully saturated rings. The fraction of sp³-hybridized carbons (Fsp3) is 0.188. The molecule has 2 rings (SSSR count). The van der Waals surface area contributed by atoms with E-state index in [0.29, 0.717) is 11.3 Å². The molecule has 2 N–H and O–H groups in total. The maximum Gasteiger partial charge on any atom is 0.328 e. The molecule has 2 aromatic rings. The zero-order valence-electron chi connectivity index (χ0n) is 12.1. The van der Waals surface area contributed by atoms with Gasteiger partial charge in [-0.05, 0) is 13.0 Å². The van der Waals surface area contributed by atoms with Crippen LogP contribution < -0.4 is 0 Å². The molecular formula is C16H16N2O4. The molecule has 6 heteroatoms. The van der Waals surface area contributed by atoms with Gasteiger partial charge in [0.25, 0.3) is 0 Å². The second-order valence-electron chi connectivity index (χ2n) is 4.88. The topological polar surface area (TPSA) is 92.4 Å². The maximum atomic E-state index is 10.7. The minimum atomic E-state index is -1.05. The van der Waals surface area contributed by atoms with Crippen molar-refractivity contribution < 1.29 is 19.8 Å². The Kier molecular flexibility index (Phi) is 4.73. The Balaban J connectivity index is 2.38. The van der Waals surface area contributed by atoms with Crippen molar-refractivity contribution in [2.24, 2.45) is 0 Å². The predicted octanol–water partition coefficient (Wildman–Crippen LogP) is 2.43. The molecule has 0 atom stereocenters. The average Bonchev–Trinajstić information content (AvgIpc) is 2.87. The summed E-state index contributed by atoms with van der Waals surface area (Å²) in [6.07, 6.45) is 4.10. The standard InChI is InChI=1S/C16H16N2O4/c1-11-2-4-12(5-3-11)16-13(6-7-14(19)20)10-18(17-16)9-8-15(21)22/h2-7,10H,8-9H2,1H3,(H,19,20)(H,21,22). The molecule has 1 aromatic heterocycles. The average molecular weight is 300 g/mol. The van der Waals surface area contributed by atoms with Crippen molar-refractivity contribution >= 4 is 18.0 Å². The first-order chi connectivity index (χ1) is 10.5. The number of benzene rings is 1. The van der Waals surface area contributed by atoms with Gasteiger partial charge in [0.2, 0.25) is 0 Å². The summed E-state index contributed by atoms with van der Waals surface area (Å²) >= 11 is 0. The summed E-state index contributed by atoms with van der Waals surface area (Å²) in [5.74, 6) is -1.96. The van der Waals surface area contributed by atoms with Gasteiger partial charge in [-0.15, -0.1) is 0 Å². The summed E-state index contributed by atoms with van der Waals surface area (Å²) < 4.78 is 1.52. The van der Waals surface area contributed by atoms with E-state index in [-0.39, 0.29) is 13.0 Å². The molecule has 0 aliphatic heterocycles. The van der Waals surface area contributed by atoms with E-state index in [2.05, 4.69) is 5.10 Å². The lowest BCUT2D eigenvalue weighted by molar-refractivity contribution is -0.137. The number of aliphatic carboxylic acids is 2. The molecule has 0 aliphatic rings. The van der Waals surface area contributed by atoms with Crippen molar-refractivity contribution in [3.05, 3.63) is 47.7 Å². The molecule has 6 nitrogen and oxygen atoms in total. The number of hydrogen-bond donors (Lipinski definition) is 2. The van der Waals surface area contributed by atoms with Crippen LogP contribution in [0.15, 0.2) is 36.5 Å². The van der Waals surface area contributed by atoms with Crippen molar-refractivity contribution in [2.75, 3.05) is 0 Å². The number of rotatable bonds is 6. The highest BCUT2D eigenvalue weighted by Crippen LogP contribution is 2.23. The molecule has 22 heavy (non-hydrogen) atoms. The van der Waals surface area contributed by atoms with E-state index in [0.717, 1.165) is 17.2 Å².